The number of nitrogens with two attached hydrogens (primary N) is 1. The molecule has 1 fully saturated rings. The molecule has 1 atom stereocenters. The minimum absolute atomic E-state index is 0.0888. The number of anilines is 2. The van der Waals surface area contributed by atoms with Gasteiger partial charge in [-0.25, -0.2) is 14.8 Å². The molecule has 0 aliphatic carbocycles. The highest BCUT2D eigenvalue weighted by Gasteiger charge is 2.34. The summed E-state index contributed by atoms with van der Waals surface area (Å²) in [5.74, 6) is 1.18. The van der Waals surface area contributed by atoms with Gasteiger partial charge in [0.2, 0.25) is 0 Å². The second-order valence-electron chi connectivity index (χ2n) is 8.06. The minimum Gasteiger partial charge on any atom is -0.377 e. The van der Waals surface area contributed by atoms with Gasteiger partial charge in [-0.05, 0) is 37.6 Å². The number of morpholine rings is 1. The summed E-state index contributed by atoms with van der Waals surface area (Å²) in [5, 5.41) is 2.49. The summed E-state index contributed by atoms with van der Waals surface area (Å²) in [7, 11) is 0. The number of carbonyl (C=O) groups excluding carboxylic acids is 1. The third kappa shape index (κ3) is 5.10. The number of carbonyl (C=O) groups is 1. The van der Waals surface area contributed by atoms with E-state index in [9.17, 15) is 18.0 Å². The van der Waals surface area contributed by atoms with Crippen molar-refractivity contribution in [1.82, 2.24) is 14.9 Å². The monoisotopic (exact) mass is 450 g/mol. The minimum atomic E-state index is -4.27. The fourth-order valence-corrected chi connectivity index (χ4v) is 4.11. The molecule has 32 heavy (non-hydrogen) atoms. The number of alkyl halides is 3. The zero-order valence-corrected chi connectivity index (χ0v) is 17.7. The molecule has 1 aromatic heterocycles. The van der Waals surface area contributed by atoms with Crippen LogP contribution in [0.15, 0.2) is 24.3 Å². The Kier molecular flexibility index (Phi) is 6.20. The Balaban J connectivity index is 1.71. The Morgan fingerprint density at radius 1 is 1.25 bits per heavy atom. The standard InChI is InChI=1S/C21H25F3N6O2/c1-13-11-32-9-8-30(13)19-16-6-7-29(12-21(22,23)24)10-17(16)27-18(28-19)14-2-4-15(5-3-14)26-20(25)31/h2-5,13H,6-12H2,1H3,(H3,25,26,31)/t13-/m0/s1. The van der Waals surface area contributed by atoms with E-state index in [1.165, 1.54) is 4.90 Å². The zero-order chi connectivity index (χ0) is 22.9. The van der Waals surface area contributed by atoms with Crippen LogP contribution in [-0.4, -0.2) is 66.0 Å². The predicted molar refractivity (Wildman–Crippen MR) is 113 cm³/mol. The quantitative estimate of drug-likeness (QED) is 0.744. The highest BCUT2D eigenvalue weighted by atomic mass is 19.4. The van der Waals surface area contributed by atoms with Gasteiger partial charge in [0.25, 0.3) is 0 Å². The van der Waals surface area contributed by atoms with Crippen LogP contribution >= 0.6 is 0 Å². The van der Waals surface area contributed by atoms with Crippen LogP contribution in [0.25, 0.3) is 11.4 Å². The smallest absolute Gasteiger partial charge is 0.377 e. The summed E-state index contributed by atoms with van der Waals surface area (Å²) in [5.41, 5.74) is 7.87. The van der Waals surface area contributed by atoms with Gasteiger partial charge in [-0.3, -0.25) is 4.90 Å². The van der Waals surface area contributed by atoms with Crippen molar-refractivity contribution in [1.29, 1.82) is 0 Å². The van der Waals surface area contributed by atoms with Crippen molar-refractivity contribution in [2.24, 2.45) is 5.73 Å². The van der Waals surface area contributed by atoms with E-state index >= 15 is 0 Å². The Bertz CT molecular complexity index is 983. The number of rotatable bonds is 4. The molecule has 2 aromatic rings. The number of aromatic nitrogens is 2. The van der Waals surface area contributed by atoms with Gasteiger partial charge in [0, 0.05) is 36.4 Å². The Labute approximate surface area is 183 Å². The average molecular weight is 450 g/mol. The number of ether oxygens (including phenoxy) is 1. The summed E-state index contributed by atoms with van der Waals surface area (Å²) in [4.78, 5) is 24.0. The molecule has 172 valence electrons. The Morgan fingerprint density at radius 2 is 2.00 bits per heavy atom. The van der Waals surface area contributed by atoms with Gasteiger partial charge in [-0.1, -0.05) is 0 Å². The lowest BCUT2D eigenvalue weighted by Crippen LogP contribution is -2.46. The lowest BCUT2D eigenvalue weighted by molar-refractivity contribution is -0.147. The van der Waals surface area contributed by atoms with E-state index in [2.05, 4.69) is 15.2 Å². The zero-order valence-electron chi connectivity index (χ0n) is 17.7. The van der Waals surface area contributed by atoms with Crippen LogP contribution in [0, 0.1) is 0 Å². The lowest BCUT2D eigenvalue weighted by atomic mass is 10.0. The number of benzene rings is 1. The van der Waals surface area contributed by atoms with E-state index in [-0.39, 0.29) is 12.6 Å². The molecule has 1 saturated heterocycles. The first-order chi connectivity index (χ1) is 15.2. The van der Waals surface area contributed by atoms with Crippen LogP contribution in [0.2, 0.25) is 0 Å². The third-order valence-electron chi connectivity index (χ3n) is 5.58. The van der Waals surface area contributed by atoms with Gasteiger partial charge in [-0.2, -0.15) is 13.2 Å². The largest absolute Gasteiger partial charge is 0.401 e. The summed E-state index contributed by atoms with van der Waals surface area (Å²) in [6, 6.07) is 6.26. The molecule has 0 bridgehead atoms. The van der Waals surface area contributed by atoms with Crippen LogP contribution in [0.4, 0.5) is 29.5 Å². The highest BCUT2D eigenvalue weighted by Crippen LogP contribution is 2.32. The number of hydrogen-bond donors (Lipinski definition) is 2. The number of fused-ring (bicyclic) bond motifs is 1. The van der Waals surface area contributed by atoms with Crippen LogP contribution in [0.5, 0.6) is 0 Å². The van der Waals surface area contributed by atoms with Gasteiger partial charge in [0.1, 0.15) is 5.82 Å². The maximum Gasteiger partial charge on any atom is 0.401 e. The number of hydrogen-bond acceptors (Lipinski definition) is 6. The number of halogens is 3. The van der Waals surface area contributed by atoms with Crippen molar-refractivity contribution in [3.05, 3.63) is 35.5 Å². The molecule has 11 heteroatoms. The maximum absolute atomic E-state index is 13.0. The van der Waals surface area contributed by atoms with Crippen molar-refractivity contribution < 1.29 is 22.7 Å². The van der Waals surface area contributed by atoms with Crippen molar-refractivity contribution in [2.45, 2.75) is 32.1 Å². The molecule has 3 N–H and O–H groups in total. The van der Waals surface area contributed by atoms with Crippen LogP contribution in [0.1, 0.15) is 18.2 Å². The molecule has 0 spiro atoms. The number of urea groups is 1. The van der Waals surface area contributed by atoms with Gasteiger partial charge in [0.15, 0.2) is 5.82 Å². The first-order valence-electron chi connectivity index (χ1n) is 10.4. The number of nitrogens with one attached hydrogen (secondary N) is 1. The first-order valence-corrected chi connectivity index (χ1v) is 10.4. The summed E-state index contributed by atoms with van der Waals surface area (Å²) < 4.78 is 44.5. The van der Waals surface area contributed by atoms with Gasteiger partial charge >= 0.3 is 12.2 Å². The summed E-state index contributed by atoms with van der Waals surface area (Å²) >= 11 is 0. The van der Waals surface area contributed by atoms with Crippen LogP contribution < -0.4 is 16.0 Å². The molecular weight excluding hydrogens is 425 g/mol. The summed E-state index contributed by atoms with van der Waals surface area (Å²) in [6.45, 7) is 3.25. The molecule has 4 rings (SSSR count). The van der Waals surface area contributed by atoms with E-state index in [1.54, 1.807) is 24.3 Å². The highest BCUT2D eigenvalue weighted by molar-refractivity contribution is 5.88. The molecule has 0 radical (unpaired) electrons. The lowest BCUT2D eigenvalue weighted by Gasteiger charge is -2.38. The van der Waals surface area contributed by atoms with Gasteiger partial charge in [0.05, 0.1) is 31.5 Å². The number of primary amides is 1. The molecule has 3 heterocycles. The van der Waals surface area contributed by atoms with E-state index in [4.69, 9.17) is 15.5 Å². The van der Waals surface area contributed by atoms with Gasteiger partial charge < -0.3 is 20.7 Å². The van der Waals surface area contributed by atoms with Crippen molar-refractivity contribution in [3.63, 3.8) is 0 Å². The molecule has 0 saturated carbocycles. The third-order valence-corrected chi connectivity index (χ3v) is 5.58. The van der Waals surface area contributed by atoms with Crippen molar-refractivity contribution in [2.75, 3.05) is 43.1 Å². The van der Waals surface area contributed by atoms with Crippen molar-refractivity contribution >= 4 is 17.5 Å². The topological polar surface area (TPSA) is 96.6 Å². The number of nitrogens with zero attached hydrogens (tertiary/aromatic N) is 4. The van der Waals surface area contributed by atoms with Gasteiger partial charge in [-0.15, -0.1) is 0 Å². The normalized spacial score (nSPS) is 19.5. The first kappa shape index (κ1) is 22.3. The van der Waals surface area contributed by atoms with E-state index < -0.39 is 18.8 Å². The maximum atomic E-state index is 13.0. The second-order valence-corrected chi connectivity index (χ2v) is 8.06. The molecule has 2 aliphatic rings. The SMILES string of the molecule is C[C@H]1COCCN1c1nc(-c2ccc(NC(N)=O)cc2)nc2c1CCN(CC(F)(F)F)C2. The van der Waals surface area contributed by atoms with E-state index in [0.29, 0.717) is 55.5 Å². The molecule has 2 aliphatic heterocycles. The molecular formula is C21H25F3N6O2. The predicted octanol–water partition coefficient (Wildman–Crippen LogP) is 2.78. The molecule has 1 aromatic carbocycles. The number of amides is 2. The fourth-order valence-electron chi connectivity index (χ4n) is 4.11. The van der Waals surface area contributed by atoms with Crippen molar-refractivity contribution in [3.8, 4) is 11.4 Å². The average Bonchev–Trinajstić information content (AvgIpc) is 2.72. The van der Waals surface area contributed by atoms with E-state index in [0.717, 1.165) is 11.4 Å². The summed E-state index contributed by atoms with van der Waals surface area (Å²) in [6.07, 6.45) is -3.81. The Morgan fingerprint density at radius 3 is 2.66 bits per heavy atom. The second kappa shape index (κ2) is 8.91. The molecule has 2 amide bonds. The Hall–Kier alpha value is -2.92. The van der Waals surface area contributed by atoms with E-state index in [1.807, 2.05) is 6.92 Å². The van der Waals surface area contributed by atoms with Crippen LogP contribution in [-0.2, 0) is 17.7 Å². The molecule has 0 unspecified atom stereocenters. The van der Waals surface area contributed by atoms with Crippen LogP contribution in [0.3, 0.4) is 0 Å². The fraction of sp³-hybridized carbons (Fsp3) is 0.476. The molecule has 8 nitrogen and oxygen atoms in total.